The van der Waals surface area contributed by atoms with Crippen LogP contribution in [0.5, 0.6) is 0 Å². The van der Waals surface area contributed by atoms with E-state index >= 15 is 0 Å². The Hall–Kier alpha value is -1.85. The average Bonchev–Trinajstić information content (AvgIpc) is 2.81. The Morgan fingerprint density at radius 1 is 1.21 bits per heavy atom. The largest absolute Gasteiger partial charge is 0.333 e. The quantitative estimate of drug-likeness (QED) is 0.767. The molecule has 96 valence electrons. The molecule has 2 heterocycles. The van der Waals surface area contributed by atoms with Crippen molar-refractivity contribution in [3.05, 3.63) is 48.2 Å². The SMILES string of the molecule is CC(N)c1ccc(Sc2nc3ccccc3[nH]2)nc1. The number of benzene rings is 1. The van der Waals surface area contributed by atoms with E-state index in [9.17, 15) is 0 Å². The van der Waals surface area contributed by atoms with Gasteiger partial charge < -0.3 is 10.7 Å². The molecule has 0 amide bonds. The number of nitrogens with two attached hydrogens (primary N) is 1. The van der Waals surface area contributed by atoms with Crippen LogP contribution in [0.2, 0.25) is 0 Å². The van der Waals surface area contributed by atoms with E-state index in [-0.39, 0.29) is 6.04 Å². The summed E-state index contributed by atoms with van der Waals surface area (Å²) in [6.45, 7) is 1.95. The molecule has 4 nitrogen and oxygen atoms in total. The normalized spacial score (nSPS) is 12.7. The number of fused-ring (bicyclic) bond motifs is 1. The zero-order valence-corrected chi connectivity index (χ0v) is 11.3. The first kappa shape index (κ1) is 12.2. The molecule has 0 spiro atoms. The van der Waals surface area contributed by atoms with E-state index < -0.39 is 0 Å². The van der Waals surface area contributed by atoms with Gasteiger partial charge in [0, 0.05) is 12.2 Å². The number of imidazole rings is 1. The van der Waals surface area contributed by atoms with Gasteiger partial charge in [-0.05, 0) is 42.4 Å². The summed E-state index contributed by atoms with van der Waals surface area (Å²) in [6.07, 6.45) is 1.82. The summed E-state index contributed by atoms with van der Waals surface area (Å²) in [5.74, 6) is 0. The lowest BCUT2D eigenvalue weighted by atomic mass is 10.2. The van der Waals surface area contributed by atoms with Gasteiger partial charge in [0.05, 0.1) is 11.0 Å². The Kier molecular flexibility index (Phi) is 3.23. The van der Waals surface area contributed by atoms with Crippen molar-refractivity contribution in [1.29, 1.82) is 0 Å². The first-order valence-corrected chi connectivity index (χ1v) is 6.88. The van der Waals surface area contributed by atoms with Crippen molar-refractivity contribution in [2.45, 2.75) is 23.1 Å². The van der Waals surface area contributed by atoms with Gasteiger partial charge in [0.2, 0.25) is 0 Å². The summed E-state index contributed by atoms with van der Waals surface area (Å²) in [5, 5.41) is 1.76. The van der Waals surface area contributed by atoms with Gasteiger partial charge in [-0.1, -0.05) is 18.2 Å². The second kappa shape index (κ2) is 5.03. The molecule has 1 unspecified atom stereocenters. The summed E-state index contributed by atoms with van der Waals surface area (Å²) < 4.78 is 0. The summed E-state index contributed by atoms with van der Waals surface area (Å²) in [4.78, 5) is 12.2. The van der Waals surface area contributed by atoms with Crippen molar-refractivity contribution in [3.8, 4) is 0 Å². The van der Waals surface area contributed by atoms with Gasteiger partial charge in [0.1, 0.15) is 5.03 Å². The number of aromatic amines is 1. The number of para-hydroxylation sites is 2. The van der Waals surface area contributed by atoms with Crippen LogP contribution in [0.15, 0.2) is 52.8 Å². The highest BCUT2D eigenvalue weighted by Crippen LogP contribution is 2.26. The van der Waals surface area contributed by atoms with E-state index in [4.69, 9.17) is 5.73 Å². The monoisotopic (exact) mass is 270 g/mol. The predicted octanol–water partition coefficient (Wildman–Crippen LogP) is 3.13. The summed E-state index contributed by atoms with van der Waals surface area (Å²) in [7, 11) is 0. The number of nitrogens with zero attached hydrogens (tertiary/aromatic N) is 2. The number of H-pyrrole nitrogens is 1. The Labute approximate surface area is 115 Å². The van der Waals surface area contributed by atoms with Gasteiger partial charge in [0.15, 0.2) is 5.16 Å². The second-order valence-electron chi connectivity index (χ2n) is 4.38. The van der Waals surface area contributed by atoms with Crippen LogP contribution in [0.4, 0.5) is 0 Å². The van der Waals surface area contributed by atoms with Crippen LogP contribution in [0.1, 0.15) is 18.5 Å². The van der Waals surface area contributed by atoms with Crippen molar-refractivity contribution in [2.24, 2.45) is 5.73 Å². The molecule has 0 radical (unpaired) electrons. The van der Waals surface area contributed by atoms with Gasteiger partial charge in [-0.25, -0.2) is 9.97 Å². The first-order valence-electron chi connectivity index (χ1n) is 6.06. The molecule has 19 heavy (non-hydrogen) atoms. The minimum Gasteiger partial charge on any atom is -0.333 e. The zero-order chi connectivity index (χ0) is 13.2. The minimum absolute atomic E-state index is 0.0118. The molecular formula is C14H14N4S. The van der Waals surface area contributed by atoms with Gasteiger partial charge >= 0.3 is 0 Å². The molecular weight excluding hydrogens is 256 g/mol. The maximum atomic E-state index is 5.80. The first-order chi connectivity index (χ1) is 9.22. The number of hydrogen-bond acceptors (Lipinski definition) is 4. The van der Waals surface area contributed by atoms with Gasteiger partial charge in [-0.15, -0.1) is 0 Å². The molecule has 0 fully saturated rings. The van der Waals surface area contributed by atoms with Crippen LogP contribution in [0.3, 0.4) is 0 Å². The lowest BCUT2D eigenvalue weighted by molar-refractivity contribution is 0.806. The molecule has 0 saturated heterocycles. The van der Waals surface area contributed by atoms with Crippen LogP contribution >= 0.6 is 11.8 Å². The summed E-state index contributed by atoms with van der Waals surface area (Å²) in [5.41, 5.74) is 8.85. The van der Waals surface area contributed by atoms with Gasteiger partial charge in [-0.3, -0.25) is 0 Å². The summed E-state index contributed by atoms with van der Waals surface area (Å²) in [6, 6.07) is 12.0. The maximum Gasteiger partial charge on any atom is 0.172 e. The molecule has 1 atom stereocenters. The molecule has 2 aromatic heterocycles. The van der Waals surface area contributed by atoms with Crippen molar-refractivity contribution in [3.63, 3.8) is 0 Å². The van der Waals surface area contributed by atoms with E-state index in [2.05, 4.69) is 15.0 Å². The number of pyridine rings is 1. The van der Waals surface area contributed by atoms with Crippen molar-refractivity contribution < 1.29 is 0 Å². The maximum absolute atomic E-state index is 5.80. The Morgan fingerprint density at radius 3 is 2.74 bits per heavy atom. The molecule has 0 saturated carbocycles. The zero-order valence-electron chi connectivity index (χ0n) is 10.5. The Bertz CT molecular complexity index is 655. The van der Waals surface area contributed by atoms with Gasteiger partial charge in [0.25, 0.3) is 0 Å². The lowest BCUT2D eigenvalue weighted by Gasteiger charge is -2.04. The molecule has 0 aliphatic carbocycles. The molecule has 3 rings (SSSR count). The number of aromatic nitrogens is 3. The molecule has 1 aromatic carbocycles. The molecule has 3 N–H and O–H groups in total. The van der Waals surface area contributed by atoms with Crippen LogP contribution in [0, 0.1) is 0 Å². The third-order valence-corrected chi connectivity index (χ3v) is 3.69. The van der Waals surface area contributed by atoms with E-state index in [0.717, 1.165) is 26.8 Å². The standard InChI is InChI=1S/C14H14N4S/c1-9(15)10-6-7-13(16-8-10)19-14-17-11-4-2-3-5-12(11)18-14/h2-9H,15H2,1H3,(H,17,18). The molecule has 3 aromatic rings. The number of hydrogen-bond donors (Lipinski definition) is 2. The van der Waals surface area contributed by atoms with Gasteiger partial charge in [-0.2, -0.15) is 0 Å². The fourth-order valence-electron chi connectivity index (χ4n) is 1.80. The topological polar surface area (TPSA) is 67.6 Å². The van der Waals surface area contributed by atoms with Crippen molar-refractivity contribution >= 4 is 22.8 Å². The molecule has 0 aliphatic heterocycles. The van der Waals surface area contributed by atoms with E-state index in [1.165, 1.54) is 11.8 Å². The van der Waals surface area contributed by atoms with E-state index in [1.54, 1.807) is 0 Å². The van der Waals surface area contributed by atoms with Crippen LogP contribution in [-0.4, -0.2) is 15.0 Å². The minimum atomic E-state index is 0.0118. The molecule has 0 aliphatic rings. The van der Waals surface area contributed by atoms with Crippen molar-refractivity contribution in [2.75, 3.05) is 0 Å². The smallest absolute Gasteiger partial charge is 0.172 e. The summed E-state index contributed by atoms with van der Waals surface area (Å²) >= 11 is 1.52. The highest BCUT2D eigenvalue weighted by molar-refractivity contribution is 7.99. The van der Waals surface area contributed by atoms with Crippen molar-refractivity contribution in [1.82, 2.24) is 15.0 Å². The average molecular weight is 270 g/mol. The van der Waals surface area contributed by atoms with E-state index in [0.29, 0.717) is 0 Å². The number of nitrogens with one attached hydrogen (secondary N) is 1. The van der Waals surface area contributed by atoms with Crippen LogP contribution in [0.25, 0.3) is 11.0 Å². The lowest BCUT2D eigenvalue weighted by Crippen LogP contribution is -2.04. The fourth-order valence-corrected chi connectivity index (χ4v) is 2.54. The highest BCUT2D eigenvalue weighted by atomic mass is 32.2. The van der Waals surface area contributed by atoms with Crippen LogP contribution in [-0.2, 0) is 0 Å². The Balaban J connectivity index is 1.84. The highest BCUT2D eigenvalue weighted by Gasteiger charge is 2.06. The number of rotatable bonds is 3. The predicted molar refractivity (Wildman–Crippen MR) is 77.1 cm³/mol. The van der Waals surface area contributed by atoms with E-state index in [1.807, 2.05) is 49.5 Å². The van der Waals surface area contributed by atoms with Crippen LogP contribution < -0.4 is 5.73 Å². The Morgan fingerprint density at radius 2 is 2.05 bits per heavy atom. The third kappa shape index (κ3) is 2.62. The molecule has 0 bridgehead atoms. The fraction of sp³-hybridized carbons (Fsp3) is 0.143. The molecule has 5 heteroatoms. The third-order valence-electron chi connectivity index (χ3n) is 2.85. The second-order valence-corrected chi connectivity index (χ2v) is 5.39.